The molecule has 1 aliphatic rings. The number of aromatic nitrogens is 2. The Morgan fingerprint density at radius 3 is 2.51 bits per heavy atom. The second-order valence-electron chi connectivity index (χ2n) is 9.29. The number of fused-ring (bicyclic) bond motifs is 1. The zero-order valence-corrected chi connectivity index (χ0v) is 20.0. The predicted molar refractivity (Wildman–Crippen MR) is 140 cm³/mol. The number of amides is 1. The van der Waals surface area contributed by atoms with Crippen LogP contribution in [0.25, 0.3) is 11.0 Å². The lowest BCUT2D eigenvalue weighted by Gasteiger charge is -2.32. The zero-order valence-electron chi connectivity index (χ0n) is 20.0. The number of para-hydroxylation sites is 2. The molecule has 2 heterocycles. The molecule has 1 amide bonds. The Balaban J connectivity index is 1.38. The maximum absolute atomic E-state index is 13.7. The molecular formula is C29H30N4O2. The van der Waals surface area contributed by atoms with Crippen LogP contribution in [-0.4, -0.2) is 28.5 Å². The van der Waals surface area contributed by atoms with Gasteiger partial charge in [-0.3, -0.25) is 14.2 Å². The van der Waals surface area contributed by atoms with Crippen LogP contribution in [0.1, 0.15) is 29.5 Å². The van der Waals surface area contributed by atoms with Crippen molar-refractivity contribution in [3.05, 3.63) is 106 Å². The first kappa shape index (κ1) is 22.8. The lowest BCUT2D eigenvalue weighted by molar-refractivity contribution is -0.125. The van der Waals surface area contributed by atoms with E-state index < -0.39 is 0 Å². The molecule has 0 radical (unpaired) electrons. The van der Waals surface area contributed by atoms with E-state index in [0.717, 1.165) is 35.0 Å². The molecule has 1 aliphatic heterocycles. The third-order valence-corrected chi connectivity index (χ3v) is 6.70. The largest absolute Gasteiger partial charge is 0.352 e. The van der Waals surface area contributed by atoms with Crippen LogP contribution in [0.5, 0.6) is 0 Å². The first-order valence-electron chi connectivity index (χ1n) is 12.2. The van der Waals surface area contributed by atoms with Gasteiger partial charge in [-0.15, -0.1) is 0 Å². The molecule has 5 rings (SSSR count). The topological polar surface area (TPSA) is 67.2 Å². The number of hydrogen-bond donors (Lipinski definition) is 1. The van der Waals surface area contributed by atoms with Gasteiger partial charge in [0.05, 0.1) is 23.5 Å². The van der Waals surface area contributed by atoms with Crippen LogP contribution in [0.2, 0.25) is 0 Å². The molecule has 1 N–H and O–H groups in total. The molecule has 1 atom stereocenters. The molecule has 6 nitrogen and oxygen atoms in total. The molecular weight excluding hydrogens is 436 g/mol. The summed E-state index contributed by atoms with van der Waals surface area (Å²) in [5.74, 6) is 0.279. The van der Waals surface area contributed by atoms with E-state index in [9.17, 15) is 9.59 Å². The van der Waals surface area contributed by atoms with Crippen molar-refractivity contribution in [2.24, 2.45) is 5.92 Å². The summed E-state index contributed by atoms with van der Waals surface area (Å²) in [5, 5.41) is 3.08. The number of hydrogen-bond acceptors (Lipinski definition) is 4. The molecule has 6 heteroatoms. The van der Waals surface area contributed by atoms with E-state index in [1.165, 1.54) is 5.56 Å². The van der Waals surface area contributed by atoms with E-state index in [4.69, 9.17) is 4.98 Å². The number of nitrogens with one attached hydrogen (secondary N) is 1. The highest BCUT2D eigenvalue weighted by molar-refractivity contribution is 5.80. The molecule has 1 aromatic heterocycles. The van der Waals surface area contributed by atoms with Gasteiger partial charge in [0.25, 0.3) is 5.56 Å². The first-order valence-corrected chi connectivity index (χ1v) is 12.2. The summed E-state index contributed by atoms with van der Waals surface area (Å²) in [6, 6.07) is 25.9. The van der Waals surface area contributed by atoms with Crippen LogP contribution >= 0.6 is 0 Å². The average Bonchev–Trinajstić information content (AvgIpc) is 2.90. The molecule has 0 spiro atoms. The van der Waals surface area contributed by atoms with Gasteiger partial charge in [0.2, 0.25) is 5.91 Å². The minimum Gasteiger partial charge on any atom is -0.352 e. The lowest BCUT2D eigenvalue weighted by Crippen LogP contribution is -2.45. The number of carbonyl (C=O) groups is 1. The minimum atomic E-state index is -0.176. The van der Waals surface area contributed by atoms with Crippen molar-refractivity contribution in [2.45, 2.75) is 32.9 Å². The van der Waals surface area contributed by atoms with Crippen molar-refractivity contribution in [1.29, 1.82) is 0 Å². The molecule has 4 aromatic rings. The fourth-order valence-corrected chi connectivity index (χ4v) is 4.73. The van der Waals surface area contributed by atoms with E-state index >= 15 is 0 Å². The second-order valence-corrected chi connectivity index (χ2v) is 9.29. The van der Waals surface area contributed by atoms with E-state index in [0.29, 0.717) is 32.0 Å². The van der Waals surface area contributed by atoms with Crippen molar-refractivity contribution in [1.82, 2.24) is 14.9 Å². The smallest absolute Gasteiger partial charge is 0.294 e. The van der Waals surface area contributed by atoms with Crippen LogP contribution in [0, 0.1) is 12.8 Å². The molecule has 0 saturated carbocycles. The van der Waals surface area contributed by atoms with E-state index in [-0.39, 0.29) is 17.4 Å². The molecule has 3 aromatic carbocycles. The third kappa shape index (κ3) is 5.11. The van der Waals surface area contributed by atoms with E-state index in [1.54, 1.807) is 4.57 Å². The number of piperidine rings is 1. The van der Waals surface area contributed by atoms with Gasteiger partial charge in [-0.25, -0.2) is 4.98 Å². The average molecular weight is 467 g/mol. The summed E-state index contributed by atoms with van der Waals surface area (Å²) in [6.45, 7) is 4.24. The van der Waals surface area contributed by atoms with E-state index in [1.807, 2.05) is 78.6 Å². The lowest BCUT2D eigenvalue weighted by atomic mass is 9.97. The van der Waals surface area contributed by atoms with Crippen LogP contribution in [0.3, 0.4) is 0 Å². The SMILES string of the molecule is Cc1ccc(CNC(=O)C2CCCN(c3nc4ccccc4n(Cc4ccccc4)c3=O)C2)cc1. The van der Waals surface area contributed by atoms with Crippen molar-refractivity contribution in [3.8, 4) is 0 Å². The van der Waals surface area contributed by atoms with Gasteiger partial charge in [-0.1, -0.05) is 72.3 Å². The number of nitrogens with zero attached hydrogens (tertiary/aromatic N) is 3. The van der Waals surface area contributed by atoms with Gasteiger partial charge in [-0.2, -0.15) is 0 Å². The maximum atomic E-state index is 13.7. The van der Waals surface area contributed by atoms with Crippen LogP contribution in [-0.2, 0) is 17.9 Å². The quantitative estimate of drug-likeness (QED) is 0.461. The highest BCUT2D eigenvalue weighted by Gasteiger charge is 2.28. The standard InChI is InChI=1S/C29H30N4O2/c1-21-13-15-22(16-14-21)18-30-28(34)24-10-7-17-32(20-24)27-29(35)33(19-23-8-3-2-4-9-23)26-12-6-5-11-25(26)31-27/h2-6,8-9,11-16,24H,7,10,17-20H2,1H3,(H,30,34). The van der Waals surface area contributed by atoms with Gasteiger partial charge in [0.1, 0.15) is 0 Å². The summed E-state index contributed by atoms with van der Waals surface area (Å²) in [7, 11) is 0. The molecule has 1 unspecified atom stereocenters. The van der Waals surface area contributed by atoms with Crippen molar-refractivity contribution in [2.75, 3.05) is 18.0 Å². The Morgan fingerprint density at radius 1 is 0.971 bits per heavy atom. The van der Waals surface area contributed by atoms with Crippen LogP contribution in [0.15, 0.2) is 83.7 Å². The normalized spacial score (nSPS) is 15.8. The van der Waals surface area contributed by atoms with Gasteiger partial charge >= 0.3 is 0 Å². The van der Waals surface area contributed by atoms with Crippen LogP contribution < -0.4 is 15.8 Å². The highest BCUT2D eigenvalue weighted by atomic mass is 16.2. The van der Waals surface area contributed by atoms with Gasteiger partial charge in [-0.05, 0) is 43.0 Å². The Morgan fingerprint density at radius 2 is 1.71 bits per heavy atom. The molecule has 0 bridgehead atoms. The Bertz CT molecular complexity index is 1380. The summed E-state index contributed by atoms with van der Waals surface area (Å²) in [4.78, 5) is 33.4. The number of benzene rings is 3. The number of aryl methyl sites for hydroxylation is 1. The molecule has 178 valence electrons. The first-order chi connectivity index (χ1) is 17.1. The summed E-state index contributed by atoms with van der Waals surface area (Å²) >= 11 is 0. The fraction of sp³-hybridized carbons (Fsp3) is 0.276. The van der Waals surface area contributed by atoms with Crippen molar-refractivity contribution >= 4 is 22.8 Å². The zero-order chi connectivity index (χ0) is 24.2. The van der Waals surface area contributed by atoms with Gasteiger partial charge < -0.3 is 10.2 Å². The fourth-order valence-electron chi connectivity index (χ4n) is 4.73. The number of anilines is 1. The predicted octanol–water partition coefficient (Wildman–Crippen LogP) is 4.29. The maximum Gasteiger partial charge on any atom is 0.294 e. The Hall–Kier alpha value is -3.93. The van der Waals surface area contributed by atoms with Gasteiger partial charge in [0.15, 0.2) is 5.82 Å². The van der Waals surface area contributed by atoms with Crippen LogP contribution in [0.4, 0.5) is 5.82 Å². The van der Waals surface area contributed by atoms with Crippen molar-refractivity contribution < 1.29 is 4.79 Å². The van der Waals surface area contributed by atoms with E-state index in [2.05, 4.69) is 17.4 Å². The monoisotopic (exact) mass is 466 g/mol. The summed E-state index contributed by atoms with van der Waals surface area (Å²) in [5.41, 5.74) is 4.82. The highest BCUT2D eigenvalue weighted by Crippen LogP contribution is 2.22. The molecule has 0 aliphatic carbocycles. The summed E-state index contributed by atoms with van der Waals surface area (Å²) < 4.78 is 1.80. The minimum absolute atomic E-state index is 0.0284. The molecule has 1 fully saturated rings. The number of rotatable bonds is 6. The summed E-state index contributed by atoms with van der Waals surface area (Å²) in [6.07, 6.45) is 1.65. The third-order valence-electron chi connectivity index (χ3n) is 6.70. The second kappa shape index (κ2) is 10.1. The molecule has 35 heavy (non-hydrogen) atoms. The number of carbonyl (C=O) groups excluding carboxylic acids is 1. The van der Waals surface area contributed by atoms with Crippen molar-refractivity contribution in [3.63, 3.8) is 0 Å². The van der Waals surface area contributed by atoms with Gasteiger partial charge in [0, 0.05) is 19.6 Å². The Kier molecular flexibility index (Phi) is 6.62. The molecule has 1 saturated heterocycles. The Labute approximate surface area is 205 Å².